The Morgan fingerprint density at radius 1 is 1.50 bits per heavy atom. The molecule has 0 amide bonds. The molecule has 0 bridgehead atoms. The zero-order valence-electron chi connectivity index (χ0n) is 7.75. The lowest BCUT2D eigenvalue weighted by molar-refractivity contribution is 0.630. The predicted octanol–water partition coefficient (Wildman–Crippen LogP) is 1.74. The molecule has 0 aromatic carbocycles. The van der Waals surface area contributed by atoms with Gasteiger partial charge in [0.15, 0.2) is 0 Å². The van der Waals surface area contributed by atoms with Gasteiger partial charge in [-0.25, -0.2) is 0 Å². The van der Waals surface area contributed by atoms with E-state index in [0.29, 0.717) is 12.5 Å². The molecule has 0 spiro atoms. The molecule has 1 aromatic rings. The van der Waals surface area contributed by atoms with Gasteiger partial charge >= 0.3 is 0 Å². The van der Waals surface area contributed by atoms with Crippen molar-refractivity contribution in [2.45, 2.75) is 26.8 Å². The molecule has 0 atom stereocenters. The highest BCUT2D eigenvalue weighted by Gasteiger charge is 2.03. The van der Waals surface area contributed by atoms with Crippen LogP contribution in [0.15, 0.2) is 18.3 Å². The summed E-state index contributed by atoms with van der Waals surface area (Å²) in [5, 5.41) is 0. The van der Waals surface area contributed by atoms with Gasteiger partial charge in [-0.3, -0.25) is 4.98 Å². The van der Waals surface area contributed by atoms with Gasteiger partial charge in [0.25, 0.3) is 0 Å². The molecular weight excluding hydrogens is 148 g/mol. The van der Waals surface area contributed by atoms with Gasteiger partial charge in [-0.1, -0.05) is 19.9 Å². The van der Waals surface area contributed by atoms with Crippen molar-refractivity contribution in [1.82, 2.24) is 4.98 Å². The molecule has 1 rings (SSSR count). The van der Waals surface area contributed by atoms with Crippen LogP contribution in [0.2, 0.25) is 0 Å². The van der Waals surface area contributed by atoms with Crippen LogP contribution in [0.25, 0.3) is 0 Å². The third kappa shape index (κ3) is 2.31. The van der Waals surface area contributed by atoms with Crippen molar-refractivity contribution in [1.29, 1.82) is 0 Å². The Labute approximate surface area is 73.8 Å². The van der Waals surface area contributed by atoms with E-state index < -0.39 is 0 Å². The average molecular weight is 164 g/mol. The molecule has 0 radical (unpaired) electrons. The van der Waals surface area contributed by atoms with Gasteiger partial charge in [0.2, 0.25) is 0 Å². The van der Waals surface area contributed by atoms with Crippen LogP contribution in [0.4, 0.5) is 0 Å². The summed E-state index contributed by atoms with van der Waals surface area (Å²) in [6.45, 7) is 4.97. The van der Waals surface area contributed by atoms with Gasteiger partial charge in [0, 0.05) is 18.4 Å². The van der Waals surface area contributed by atoms with E-state index in [4.69, 9.17) is 5.73 Å². The van der Waals surface area contributed by atoms with Gasteiger partial charge in [-0.2, -0.15) is 0 Å². The predicted molar refractivity (Wildman–Crippen MR) is 50.7 cm³/mol. The molecule has 0 aliphatic rings. The van der Waals surface area contributed by atoms with Crippen LogP contribution in [0.5, 0.6) is 0 Å². The summed E-state index contributed by atoms with van der Waals surface area (Å²) in [7, 11) is 0. The molecule has 0 fully saturated rings. The molecular formula is C10H16N2. The first kappa shape index (κ1) is 9.20. The summed E-state index contributed by atoms with van der Waals surface area (Å²) in [5.74, 6) is 0.644. The summed E-state index contributed by atoms with van der Waals surface area (Å²) < 4.78 is 0. The van der Waals surface area contributed by atoms with Crippen molar-refractivity contribution in [2.75, 3.05) is 0 Å². The van der Waals surface area contributed by atoms with Crippen LogP contribution in [-0.2, 0) is 13.0 Å². The normalized spacial score (nSPS) is 10.7. The third-order valence-corrected chi connectivity index (χ3v) is 1.81. The lowest BCUT2D eigenvalue weighted by atomic mass is 10.0. The van der Waals surface area contributed by atoms with Gasteiger partial charge in [0.1, 0.15) is 0 Å². The maximum Gasteiger partial charge on any atom is 0.0450 e. The Morgan fingerprint density at radius 2 is 2.25 bits per heavy atom. The number of nitrogens with zero attached hydrogens (tertiary/aromatic N) is 1. The molecule has 66 valence electrons. The number of rotatable bonds is 3. The number of pyridine rings is 1. The van der Waals surface area contributed by atoms with Gasteiger partial charge < -0.3 is 5.73 Å². The monoisotopic (exact) mass is 164 g/mol. The van der Waals surface area contributed by atoms with Crippen molar-refractivity contribution in [2.24, 2.45) is 11.7 Å². The molecule has 1 aromatic heterocycles. The fourth-order valence-corrected chi connectivity index (χ4v) is 1.23. The number of hydrogen-bond acceptors (Lipinski definition) is 2. The Bertz CT molecular complexity index is 243. The van der Waals surface area contributed by atoms with Crippen molar-refractivity contribution in [3.05, 3.63) is 29.6 Å². The maximum absolute atomic E-state index is 5.59. The molecule has 2 N–H and O–H groups in total. The Kier molecular flexibility index (Phi) is 3.23. The molecule has 2 nitrogen and oxygen atoms in total. The first-order chi connectivity index (χ1) is 5.74. The fraction of sp³-hybridized carbons (Fsp3) is 0.500. The number of aromatic nitrogens is 1. The van der Waals surface area contributed by atoms with Crippen LogP contribution in [0.1, 0.15) is 25.1 Å². The molecule has 12 heavy (non-hydrogen) atoms. The molecule has 0 saturated carbocycles. The highest BCUT2D eigenvalue weighted by molar-refractivity contribution is 5.19. The second kappa shape index (κ2) is 4.21. The maximum atomic E-state index is 5.59. The first-order valence-corrected chi connectivity index (χ1v) is 4.37. The zero-order chi connectivity index (χ0) is 8.97. The second-order valence-electron chi connectivity index (χ2n) is 3.41. The van der Waals surface area contributed by atoms with Gasteiger partial charge in [0.05, 0.1) is 0 Å². The lowest BCUT2D eigenvalue weighted by Crippen LogP contribution is -2.06. The smallest absolute Gasteiger partial charge is 0.0450 e. The zero-order valence-corrected chi connectivity index (χ0v) is 7.75. The van der Waals surface area contributed by atoms with E-state index in [9.17, 15) is 0 Å². The van der Waals surface area contributed by atoms with E-state index in [0.717, 1.165) is 12.1 Å². The van der Waals surface area contributed by atoms with E-state index >= 15 is 0 Å². The van der Waals surface area contributed by atoms with Crippen molar-refractivity contribution < 1.29 is 0 Å². The standard InChI is InChI=1S/C10H16N2/c1-8(2)6-10-9(7-11)4-3-5-12-10/h3-5,8H,6-7,11H2,1-2H3. The topological polar surface area (TPSA) is 38.9 Å². The minimum absolute atomic E-state index is 0.593. The van der Waals surface area contributed by atoms with E-state index in [2.05, 4.69) is 18.8 Å². The fourth-order valence-electron chi connectivity index (χ4n) is 1.23. The van der Waals surface area contributed by atoms with Crippen LogP contribution in [-0.4, -0.2) is 4.98 Å². The van der Waals surface area contributed by atoms with Gasteiger partial charge in [-0.05, 0) is 24.0 Å². The van der Waals surface area contributed by atoms with Crippen LogP contribution in [0, 0.1) is 5.92 Å². The Hall–Kier alpha value is -0.890. The SMILES string of the molecule is CC(C)Cc1ncccc1CN. The van der Waals surface area contributed by atoms with Crippen molar-refractivity contribution in [3.8, 4) is 0 Å². The molecule has 0 unspecified atom stereocenters. The average Bonchev–Trinajstić information content (AvgIpc) is 2.04. The van der Waals surface area contributed by atoms with Crippen LogP contribution < -0.4 is 5.73 Å². The third-order valence-electron chi connectivity index (χ3n) is 1.81. The van der Waals surface area contributed by atoms with Gasteiger partial charge in [-0.15, -0.1) is 0 Å². The second-order valence-corrected chi connectivity index (χ2v) is 3.41. The first-order valence-electron chi connectivity index (χ1n) is 4.37. The minimum atomic E-state index is 0.593. The highest BCUT2D eigenvalue weighted by Crippen LogP contribution is 2.09. The number of hydrogen-bond donors (Lipinski definition) is 1. The molecule has 1 heterocycles. The summed E-state index contributed by atoms with van der Waals surface area (Å²) in [4.78, 5) is 4.31. The number of nitrogens with two attached hydrogens (primary N) is 1. The summed E-state index contributed by atoms with van der Waals surface area (Å²) in [5.41, 5.74) is 7.91. The molecule has 2 heteroatoms. The van der Waals surface area contributed by atoms with Crippen LogP contribution >= 0.6 is 0 Å². The van der Waals surface area contributed by atoms with E-state index in [1.165, 1.54) is 5.56 Å². The van der Waals surface area contributed by atoms with Crippen LogP contribution in [0.3, 0.4) is 0 Å². The largest absolute Gasteiger partial charge is 0.326 e. The molecule has 0 saturated heterocycles. The van der Waals surface area contributed by atoms with Crippen molar-refractivity contribution in [3.63, 3.8) is 0 Å². The summed E-state index contributed by atoms with van der Waals surface area (Å²) >= 11 is 0. The summed E-state index contributed by atoms with van der Waals surface area (Å²) in [6, 6.07) is 3.98. The van der Waals surface area contributed by atoms with Crippen molar-refractivity contribution >= 4 is 0 Å². The minimum Gasteiger partial charge on any atom is -0.326 e. The Balaban J connectivity index is 2.82. The van der Waals surface area contributed by atoms with E-state index in [1.807, 2.05) is 18.3 Å². The summed E-state index contributed by atoms with van der Waals surface area (Å²) in [6.07, 6.45) is 2.85. The quantitative estimate of drug-likeness (QED) is 0.739. The van der Waals surface area contributed by atoms with E-state index in [-0.39, 0.29) is 0 Å². The molecule has 0 aliphatic heterocycles. The van der Waals surface area contributed by atoms with E-state index in [1.54, 1.807) is 0 Å². The lowest BCUT2D eigenvalue weighted by Gasteiger charge is -2.07. The Morgan fingerprint density at radius 3 is 2.83 bits per heavy atom. The highest BCUT2D eigenvalue weighted by atomic mass is 14.7. The molecule has 0 aliphatic carbocycles.